The number of benzene rings is 1. The highest BCUT2D eigenvalue weighted by Crippen LogP contribution is 2.13. The monoisotopic (exact) mass is 289 g/mol. The molecule has 8 nitrogen and oxygen atoms in total. The number of aliphatic carboxylic acids is 1. The standard InChI is InChI=1S/C13H15N5O3/c19-13(20)11-9-21-7-6-17(11)8-12-14-15-16-18(12)10-4-2-1-3-5-10/h1-5,11H,6-9H2,(H,19,20). The Morgan fingerprint density at radius 1 is 1.38 bits per heavy atom. The average molecular weight is 289 g/mol. The van der Waals surface area contributed by atoms with Crippen LogP contribution >= 0.6 is 0 Å². The maximum Gasteiger partial charge on any atom is 0.323 e. The molecule has 1 atom stereocenters. The van der Waals surface area contributed by atoms with Gasteiger partial charge in [-0.05, 0) is 22.6 Å². The number of nitrogens with zero attached hydrogens (tertiary/aromatic N) is 5. The average Bonchev–Trinajstić information content (AvgIpc) is 2.96. The topological polar surface area (TPSA) is 93.4 Å². The molecule has 8 heteroatoms. The van der Waals surface area contributed by atoms with Crippen LogP contribution in [0.1, 0.15) is 5.82 Å². The molecular formula is C13H15N5O3. The van der Waals surface area contributed by atoms with Crippen LogP contribution in [-0.4, -0.2) is 62.0 Å². The number of hydrogen-bond donors (Lipinski definition) is 1. The van der Waals surface area contributed by atoms with E-state index in [1.807, 2.05) is 35.2 Å². The molecule has 0 saturated carbocycles. The molecule has 2 aromatic rings. The first-order valence-electron chi connectivity index (χ1n) is 6.63. The van der Waals surface area contributed by atoms with Gasteiger partial charge in [-0.2, -0.15) is 4.68 Å². The van der Waals surface area contributed by atoms with Crippen molar-refractivity contribution in [1.29, 1.82) is 0 Å². The summed E-state index contributed by atoms with van der Waals surface area (Å²) < 4.78 is 6.85. The third kappa shape index (κ3) is 2.91. The van der Waals surface area contributed by atoms with E-state index in [4.69, 9.17) is 4.74 Å². The summed E-state index contributed by atoms with van der Waals surface area (Å²) in [6.45, 7) is 1.60. The van der Waals surface area contributed by atoms with Gasteiger partial charge < -0.3 is 9.84 Å². The fraction of sp³-hybridized carbons (Fsp3) is 0.385. The van der Waals surface area contributed by atoms with Crippen LogP contribution in [0.4, 0.5) is 0 Å². The predicted molar refractivity (Wildman–Crippen MR) is 71.8 cm³/mol. The number of para-hydroxylation sites is 1. The van der Waals surface area contributed by atoms with Gasteiger partial charge in [0, 0.05) is 6.54 Å². The van der Waals surface area contributed by atoms with Gasteiger partial charge in [0.15, 0.2) is 5.82 Å². The fourth-order valence-corrected chi connectivity index (χ4v) is 2.31. The Kier molecular flexibility index (Phi) is 3.89. The Morgan fingerprint density at radius 2 is 2.19 bits per heavy atom. The molecule has 0 amide bonds. The van der Waals surface area contributed by atoms with Crippen molar-refractivity contribution >= 4 is 5.97 Å². The molecule has 1 aromatic carbocycles. The molecule has 1 N–H and O–H groups in total. The maximum atomic E-state index is 11.3. The van der Waals surface area contributed by atoms with Gasteiger partial charge in [-0.3, -0.25) is 9.69 Å². The summed E-state index contributed by atoms with van der Waals surface area (Å²) in [5, 5.41) is 20.9. The second-order valence-electron chi connectivity index (χ2n) is 4.74. The SMILES string of the molecule is O=C(O)C1COCCN1Cc1nnnn1-c1ccccc1. The third-order valence-corrected chi connectivity index (χ3v) is 3.40. The molecular weight excluding hydrogens is 274 g/mol. The van der Waals surface area contributed by atoms with E-state index in [1.165, 1.54) is 0 Å². The second-order valence-corrected chi connectivity index (χ2v) is 4.74. The van der Waals surface area contributed by atoms with Crippen LogP contribution < -0.4 is 0 Å². The van der Waals surface area contributed by atoms with Crippen molar-refractivity contribution in [1.82, 2.24) is 25.1 Å². The van der Waals surface area contributed by atoms with Gasteiger partial charge in [-0.1, -0.05) is 18.2 Å². The summed E-state index contributed by atoms with van der Waals surface area (Å²) in [7, 11) is 0. The first-order chi connectivity index (χ1) is 10.3. The third-order valence-electron chi connectivity index (χ3n) is 3.40. The number of carboxylic acids is 1. The summed E-state index contributed by atoms with van der Waals surface area (Å²) in [5.74, 6) is -0.289. The van der Waals surface area contributed by atoms with E-state index in [-0.39, 0.29) is 6.61 Å². The minimum absolute atomic E-state index is 0.183. The van der Waals surface area contributed by atoms with Crippen molar-refractivity contribution in [2.45, 2.75) is 12.6 Å². The van der Waals surface area contributed by atoms with E-state index in [2.05, 4.69) is 15.5 Å². The highest BCUT2D eigenvalue weighted by atomic mass is 16.5. The van der Waals surface area contributed by atoms with Gasteiger partial charge in [-0.15, -0.1) is 5.10 Å². The summed E-state index contributed by atoms with van der Waals surface area (Å²) in [6, 6.07) is 8.84. The van der Waals surface area contributed by atoms with Crippen molar-refractivity contribution in [3.63, 3.8) is 0 Å². The molecule has 0 aliphatic carbocycles. The molecule has 1 fully saturated rings. The van der Waals surface area contributed by atoms with Crippen molar-refractivity contribution in [3.8, 4) is 5.69 Å². The van der Waals surface area contributed by atoms with Crippen LogP contribution in [0.15, 0.2) is 30.3 Å². The zero-order chi connectivity index (χ0) is 14.7. The van der Waals surface area contributed by atoms with Gasteiger partial charge in [0.2, 0.25) is 0 Å². The number of carbonyl (C=O) groups is 1. The molecule has 1 aliphatic rings. The predicted octanol–water partition coefficient (Wildman–Crippen LogP) is -0.0523. The summed E-state index contributed by atoms with van der Waals surface area (Å²) in [4.78, 5) is 13.1. The highest BCUT2D eigenvalue weighted by molar-refractivity contribution is 5.73. The molecule has 1 aliphatic heterocycles. The van der Waals surface area contributed by atoms with Crippen LogP contribution in [0, 0.1) is 0 Å². The lowest BCUT2D eigenvalue weighted by molar-refractivity contribution is -0.150. The number of hydrogen-bond acceptors (Lipinski definition) is 6. The fourth-order valence-electron chi connectivity index (χ4n) is 2.31. The smallest absolute Gasteiger partial charge is 0.323 e. The second kappa shape index (κ2) is 5.98. The van der Waals surface area contributed by atoms with Crippen LogP contribution in [0.3, 0.4) is 0 Å². The van der Waals surface area contributed by atoms with Crippen LogP contribution in [-0.2, 0) is 16.1 Å². The van der Waals surface area contributed by atoms with Gasteiger partial charge in [-0.25, -0.2) is 0 Å². The van der Waals surface area contributed by atoms with Crippen molar-refractivity contribution in [2.24, 2.45) is 0 Å². The van der Waals surface area contributed by atoms with E-state index in [9.17, 15) is 9.90 Å². The largest absolute Gasteiger partial charge is 0.480 e. The molecule has 1 aromatic heterocycles. The van der Waals surface area contributed by atoms with Gasteiger partial charge in [0.25, 0.3) is 0 Å². The molecule has 110 valence electrons. The number of tetrazole rings is 1. The molecule has 0 radical (unpaired) electrons. The van der Waals surface area contributed by atoms with E-state index in [0.29, 0.717) is 25.5 Å². The van der Waals surface area contributed by atoms with E-state index < -0.39 is 12.0 Å². The molecule has 0 spiro atoms. The van der Waals surface area contributed by atoms with E-state index >= 15 is 0 Å². The molecule has 3 rings (SSSR count). The van der Waals surface area contributed by atoms with E-state index in [1.54, 1.807) is 4.68 Å². The Balaban J connectivity index is 1.82. The normalized spacial score (nSPS) is 19.5. The quantitative estimate of drug-likeness (QED) is 0.843. The van der Waals surface area contributed by atoms with Gasteiger partial charge in [0.05, 0.1) is 25.4 Å². The van der Waals surface area contributed by atoms with Crippen LogP contribution in [0.5, 0.6) is 0 Å². The molecule has 0 bridgehead atoms. The number of morpholine rings is 1. The summed E-state index contributed by atoms with van der Waals surface area (Å²) in [5.41, 5.74) is 0.845. The number of carboxylic acid groups (broad SMARTS) is 1. The lowest BCUT2D eigenvalue weighted by Crippen LogP contribution is -2.49. The summed E-state index contributed by atoms with van der Waals surface area (Å²) in [6.07, 6.45) is 0. The Labute approximate surface area is 120 Å². The van der Waals surface area contributed by atoms with Gasteiger partial charge >= 0.3 is 5.97 Å². The first-order valence-corrected chi connectivity index (χ1v) is 6.63. The minimum Gasteiger partial charge on any atom is -0.480 e. The van der Waals surface area contributed by atoms with Crippen molar-refractivity contribution in [3.05, 3.63) is 36.2 Å². The lowest BCUT2D eigenvalue weighted by atomic mass is 10.2. The Hall–Kier alpha value is -2.32. The number of ether oxygens (including phenoxy) is 1. The van der Waals surface area contributed by atoms with Gasteiger partial charge in [0.1, 0.15) is 6.04 Å². The molecule has 2 heterocycles. The summed E-state index contributed by atoms with van der Waals surface area (Å²) >= 11 is 0. The Bertz CT molecular complexity index is 615. The molecule has 21 heavy (non-hydrogen) atoms. The number of rotatable bonds is 4. The van der Waals surface area contributed by atoms with Crippen molar-refractivity contribution < 1.29 is 14.6 Å². The van der Waals surface area contributed by atoms with Crippen LogP contribution in [0.2, 0.25) is 0 Å². The minimum atomic E-state index is -0.895. The molecule has 1 unspecified atom stereocenters. The molecule has 1 saturated heterocycles. The van der Waals surface area contributed by atoms with Crippen LogP contribution in [0.25, 0.3) is 5.69 Å². The Morgan fingerprint density at radius 3 is 2.95 bits per heavy atom. The zero-order valence-corrected chi connectivity index (χ0v) is 11.3. The highest BCUT2D eigenvalue weighted by Gasteiger charge is 2.30. The zero-order valence-electron chi connectivity index (χ0n) is 11.3. The first kappa shape index (κ1) is 13.7. The van der Waals surface area contributed by atoms with Crippen molar-refractivity contribution in [2.75, 3.05) is 19.8 Å². The lowest BCUT2D eigenvalue weighted by Gasteiger charge is -2.32. The maximum absolute atomic E-state index is 11.3. The van der Waals surface area contributed by atoms with E-state index in [0.717, 1.165) is 5.69 Å². The number of aromatic nitrogens is 4.